The maximum Gasteiger partial charge on any atom is 0.255 e. The van der Waals surface area contributed by atoms with Crippen molar-refractivity contribution in [3.05, 3.63) is 65.9 Å². The summed E-state index contributed by atoms with van der Waals surface area (Å²) in [6.45, 7) is 3.50. The number of nitrogens with zero attached hydrogens (tertiary/aromatic N) is 2. The second-order valence-corrected chi connectivity index (χ2v) is 6.62. The molecule has 0 radical (unpaired) electrons. The van der Waals surface area contributed by atoms with Crippen molar-refractivity contribution in [1.29, 1.82) is 0 Å². The maximum atomic E-state index is 12.8. The largest absolute Gasteiger partial charge is 0.497 e. The van der Waals surface area contributed by atoms with Crippen LogP contribution in [0.15, 0.2) is 54.7 Å². The van der Waals surface area contributed by atoms with E-state index in [1.165, 1.54) is 5.56 Å². The van der Waals surface area contributed by atoms with E-state index in [2.05, 4.69) is 10.6 Å². The molecule has 0 aliphatic rings. The van der Waals surface area contributed by atoms with E-state index in [9.17, 15) is 4.79 Å². The quantitative estimate of drug-likeness (QED) is 0.591. The molecule has 3 rings (SSSR count). The number of amides is 1. The fourth-order valence-electron chi connectivity index (χ4n) is 2.92. The number of nitrogens with one attached hydrogen (secondary N) is 2. The SMILES string of the molecule is CNCCCNC(=O)c1cn(-c2ccc(C)cc2)nc1-c1cccc(OC)c1. The predicted octanol–water partition coefficient (Wildman–Crippen LogP) is 3.20. The molecular formula is C22H26N4O2. The summed E-state index contributed by atoms with van der Waals surface area (Å²) in [6.07, 6.45) is 2.65. The summed E-state index contributed by atoms with van der Waals surface area (Å²) in [4.78, 5) is 12.8. The van der Waals surface area contributed by atoms with Crippen molar-refractivity contribution in [1.82, 2.24) is 20.4 Å². The topological polar surface area (TPSA) is 68.2 Å². The highest BCUT2D eigenvalue weighted by atomic mass is 16.5. The number of methoxy groups -OCH3 is 1. The highest BCUT2D eigenvalue weighted by molar-refractivity contribution is 6.00. The van der Waals surface area contributed by atoms with Gasteiger partial charge in [0.1, 0.15) is 11.4 Å². The molecule has 2 N–H and O–H groups in total. The first-order chi connectivity index (χ1) is 13.6. The lowest BCUT2D eigenvalue weighted by molar-refractivity contribution is 0.0954. The Morgan fingerprint density at radius 2 is 1.93 bits per heavy atom. The smallest absolute Gasteiger partial charge is 0.255 e. The second kappa shape index (κ2) is 9.19. The summed E-state index contributed by atoms with van der Waals surface area (Å²) in [6, 6.07) is 15.6. The van der Waals surface area contributed by atoms with E-state index in [1.807, 2.05) is 62.5 Å². The molecule has 2 aromatic carbocycles. The van der Waals surface area contributed by atoms with Gasteiger partial charge in [-0.1, -0.05) is 29.8 Å². The highest BCUT2D eigenvalue weighted by Crippen LogP contribution is 2.27. The van der Waals surface area contributed by atoms with Gasteiger partial charge >= 0.3 is 0 Å². The standard InChI is InChI=1S/C22H26N4O2/c1-16-8-10-18(11-9-16)26-15-20(22(27)24-13-5-12-23-2)21(25-26)17-6-4-7-19(14-17)28-3/h4,6-11,14-15,23H,5,12-13H2,1-3H3,(H,24,27). The predicted molar refractivity (Wildman–Crippen MR) is 111 cm³/mol. The second-order valence-electron chi connectivity index (χ2n) is 6.62. The Kier molecular flexibility index (Phi) is 6.45. The van der Waals surface area contributed by atoms with Crippen LogP contribution in [0, 0.1) is 6.92 Å². The zero-order valence-electron chi connectivity index (χ0n) is 16.5. The van der Waals surface area contributed by atoms with E-state index < -0.39 is 0 Å². The number of rotatable bonds is 8. The lowest BCUT2D eigenvalue weighted by atomic mass is 10.1. The number of hydrogen-bond acceptors (Lipinski definition) is 4. The molecule has 1 heterocycles. The van der Waals surface area contributed by atoms with Crippen molar-refractivity contribution >= 4 is 5.91 Å². The molecule has 0 saturated heterocycles. The average molecular weight is 378 g/mol. The third-order valence-electron chi connectivity index (χ3n) is 4.49. The third kappa shape index (κ3) is 4.58. The number of hydrogen-bond donors (Lipinski definition) is 2. The van der Waals surface area contributed by atoms with Gasteiger partial charge in [-0.05, 0) is 51.2 Å². The Morgan fingerprint density at radius 1 is 1.14 bits per heavy atom. The van der Waals surface area contributed by atoms with Crippen molar-refractivity contribution in [2.24, 2.45) is 0 Å². The van der Waals surface area contributed by atoms with Crippen LogP contribution in [0.3, 0.4) is 0 Å². The van der Waals surface area contributed by atoms with Crippen LogP contribution in [0.25, 0.3) is 16.9 Å². The molecule has 6 heteroatoms. The summed E-state index contributed by atoms with van der Waals surface area (Å²) in [5.74, 6) is 0.593. The zero-order chi connectivity index (χ0) is 19.9. The summed E-state index contributed by atoms with van der Waals surface area (Å²) >= 11 is 0. The van der Waals surface area contributed by atoms with Gasteiger partial charge in [0.05, 0.1) is 18.4 Å². The molecule has 0 spiro atoms. The molecule has 1 aromatic heterocycles. The molecule has 0 aliphatic heterocycles. The molecule has 0 saturated carbocycles. The number of aryl methyl sites for hydroxylation is 1. The Bertz CT molecular complexity index is 932. The molecule has 0 atom stereocenters. The van der Waals surface area contributed by atoms with Gasteiger partial charge < -0.3 is 15.4 Å². The fraction of sp³-hybridized carbons (Fsp3) is 0.273. The van der Waals surface area contributed by atoms with Crippen molar-refractivity contribution in [2.75, 3.05) is 27.2 Å². The van der Waals surface area contributed by atoms with E-state index in [4.69, 9.17) is 9.84 Å². The molecule has 1 amide bonds. The first-order valence-corrected chi connectivity index (χ1v) is 9.36. The first kappa shape index (κ1) is 19.6. The minimum absolute atomic E-state index is 0.132. The summed E-state index contributed by atoms with van der Waals surface area (Å²) in [5, 5.41) is 10.8. The van der Waals surface area contributed by atoms with Gasteiger partial charge in [0, 0.05) is 18.3 Å². The van der Waals surface area contributed by atoms with Crippen LogP contribution in [0.2, 0.25) is 0 Å². The molecule has 0 bridgehead atoms. The van der Waals surface area contributed by atoms with E-state index in [-0.39, 0.29) is 5.91 Å². The van der Waals surface area contributed by atoms with Gasteiger partial charge in [-0.25, -0.2) is 4.68 Å². The van der Waals surface area contributed by atoms with Crippen LogP contribution < -0.4 is 15.4 Å². The molecule has 0 aliphatic carbocycles. The molecular weight excluding hydrogens is 352 g/mol. The lowest BCUT2D eigenvalue weighted by Crippen LogP contribution is -2.26. The van der Waals surface area contributed by atoms with Crippen molar-refractivity contribution < 1.29 is 9.53 Å². The monoisotopic (exact) mass is 378 g/mol. The van der Waals surface area contributed by atoms with E-state index in [0.717, 1.165) is 30.0 Å². The van der Waals surface area contributed by atoms with Crippen molar-refractivity contribution in [2.45, 2.75) is 13.3 Å². The Balaban J connectivity index is 1.97. The van der Waals surface area contributed by atoms with Gasteiger partial charge in [0.25, 0.3) is 5.91 Å². The average Bonchev–Trinajstić information content (AvgIpc) is 3.17. The third-order valence-corrected chi connectivity index (χ3v) is 4.49. The number of carbonyl (C=O) groups excluding carboxylic acids is 1. The normalized spacial score (nSPS) is 10.7. The van der Waals surface area contributed by atoms with Crippen molar-refractivity contribution in [3.63, 3.8) is 0 Å². The van der Waals surface area contributed by atoms with Gasteiger partial charge in [-0.2, -0.15) is 5.10 Å². The molecule has 0 unspecified atom stereocenters. The fourth-order valence-corrected chi connectivity index (χ4v) is 2.92. The zero-order valence-corrected chi connectivity index (χ0v) is 16.5. The van der Waals surface area contributed by atoms with E-state index >= 15 is 0 Å². The van der Waals surface area contributed by atoms with Crippen molar-refractivity contribution in [3.8, 4) is 22.7 Å². The van der Waals surface area contributed by atoms with Crippen LogP contribution in [-0.2, 0) is 0 Å². The van der Waals surface area contributed by atoms with E-state index in [1.54, 1.807) is 18.0 Å². The minimum Gasteiger partial charge on any atom is -0.497 e. The summed E-state index contributed by atoms with van der Waals surface area (Å²) < 4.78 is 7.08. The van der Waals surface area contributed by atoms with Crippen LogP contribution in [0.5, 0.6) is 5.75 Å². The minimum atomic E-state index is -0.132. The highest BCUT2D eigenvalue weighted by Gasteiger charge is 2.19. The number of benzene rings is 2. The number of aromatic nitrogens is 2. The van der Waals surface area contributed by atoms with Crippen LogP contribution in [0.1, 0.15) is 22.3 Å². The van der Waals surface area contributed by atoms with Gasteiger partial charge in [0.15, 0.2) is 0 Å². The number of carbonyl (C=O) groups is 1. The Labute approximate surface area is 165 Å². The Morgan fingerprint density at radius 3 is 2.64 bits per heavy atom. The number of ether oxygens (including phenoxy) is 1. The first-order valence-electron chi connectivity index (χ1n) is 9.36. The Hall–Kier alpha value is -3.12. The molecule has 0 fully saturated rings. The van der Waals surface area contributed by atoms with Gasteiger partial charge in [0.2, 0.25) is 0 Å². The summed E-state index contributed by atoms with van der Waals surface area (Å²) in [5.41, 5.74) is 4.09. The van der Waals surface area contributed by atoms with Crippen LogP contribution in [-0.4, -0.2) is 42.9 Å². The molecule has 6 nitrogen and oxygen atoms in total. The van der Waals surface area contributed by atoms with Crippen LogP contribution >= 0.6 is 0 Å². The molecule has 3 aromatic rings. The van der Waals surface area contributed by atoms with Crippen LogP contribution in [0.4, 0.5) is 0 Å². The summed E-state index contributed by atoms with van der Waals surface area (Å²) in [7, 11) is 3.52. The van der Waals surface area contributed by atoms with E-state index in [0.29, 0.717) is 17.8 Å². The lowest BCUT2D eigenvalue weighted by Gasteiger charge is -2.06. The molecule has 28 heavy (non-hydrogen) atoms. The van der Waals surface area contributed by atoms with Gasteiger partial charge in [-0.15, -0.1) is 0 Å². The van der Waals surface area contributed by atoms with Gasteiger partial charge in [-0.3, -0.25) is 4.79 Å². The molecule has 146 valence electrons. The maximum absolute atomic E-state index is 12.8.